The van der Waals surface area contributed by atoms with Crippen LogP contribution in [0.4, 0.5) is 4.79 Å². The van der Waals surface area contributed by atoms with E-state index in [0.717, 1.165) is 40.4 Å². The number of amides is 1. The standard InChI is InChI=1S/C15H21NO10/c1-22-11(17)7-6-16(15(21)26-5)10(14(20)25-4)9(13(19)24-3)8(7)12(18)23-2/h7-10H,6H2,1-5H3/t7-,8+,9+,10+/m1/s1. The van der Waals surface area contributed by atoms with Crippen LogP contribution >= 0.6 is 0 Å². The number of piperidine rings is 1. The van der Waals surface area contributed by atoms with E-state index in [1.54, 1.807) is 0 Å². The van der Waals surface area contributed by atoms with Crippen LogP contribution in [0.3, 0.4) is 0 Å². The highest BCUT2D eigenvalue weighted by Crippen LogP contribution is 2.37. The Bertz CT molecular complexity index is 547. The second kappa shape index (κ2) is 9.02. The maximum atomic E-state index is 12.4. The Hall–Kier alpha value is -2.85. The van der Waals surface area contributed by atoms with Crippen molar-refractivity contribution in [2.45, 2.75) is 6.04 Å². The average molecular weight is 375 g/mol. The maximum absolute atomic E-state index is 12.4. The Morgan fingerprint density at radius 2 is 1.12 bits per heavy atom. The number of carbonyl (C=O) groups excluding carboxylic acids is 5. The summed E-state index contributed by atoms with van der Waals surface area (Å²) in [6.07, 6.45) is -0.994. The minimum Gasteiger partial charge on any atom is -0.469 e. The highest BCUT2D eigenvalue weighted by Gasteiger charge is 2.58. The zero-order valence-electron chi connectivity index (χ0n) is 15.0. The van der Waals surface area contributed by atoms with Crippen LogP contribution in [-0.2, 0) is 42.9 Å². The van der Waals surface area contributed by atoms with E-state index in [2.05, 4.69) is 23.7 Å². The van der Waals surface area contributed by atoms with Gasteiger partial charge in [0, 0.05) is 6.54 Å². The molecular weight excluding hydrogens is 354 g/mol. The molecule has 1 rings (SSSR count). The van der Waals surface area contributed by atoms with Crippen molar-refractivity contribution < 1.29 is 47.7 Å². The number of nitrogens with zero attached hydrogens (tertiary/aromatic N) is 1. The van der Waals surface area contributed by atoms with Crippen LogP contribution in [0.2, 0.25) is 0 Å². The highest BCUT2D eigenvalue weighted by molar-refractivity contribution is 5.94. The fourth-order valence-electron chi connectivity index (χ4n) is 3.01. The number of hydrogen-bond donors (Lipinski definition) is 0. The van der Waals surface area contributed by atoms with Crippen LogP contribution in [-0.4, -0.2) is 83.0 Å². The molecule has 1 saturated heterocycles. The number of likely N-dealkylation sites (tertiary alicyclic amines) is 1. The summed E-state index contributed by atoms with van der Waals surface area (Å²) in [5, 5.41) is 0. The third kappa shape index (κ3) is 3.86. The molecule has 11 nitrogen and oxygen atoms in total. The molecule has 0 aromatic rings. The topological polar surface area (TPSA) is 135 Å². The van der Waals surface area contributed by atoms with Gasteiger partial charge in [0.2, 0.25) is 0 Å². The van der Waals surface area contributed by atoms with Gasteiger partial charge in [-0.2, -0.15) is 0 Å². The molecular formula is C15H21NO10. The molecule has 1 fully saturated rings. The van der Waals surface area contributed by atoms with Crippen LogP contribution in [0.5, 0.6) is 0 Å². The van der Waals surface area contributed by atoms with Gasteiger partial charge in [0.05, 0.1) is 47.4 Å². The van der Waals surface area contributed by atoms with Crippen molar-refractivity contribution in [1.82, 2.24) is 4.90 Å². The minimum atomic E-state index is -1.56. The normalized spacial score (nSPS) is 24.9. The van der Waals surface area contributed by atoms with Crippen LogP contribution in [0, 0.1) is 17.8 Å². The molecule has 0 saturated carbocycles. The first-order chi connectivity index (χ1) is 12.3. The Labute approximate surface area is 149 Å². The predicted octanol–water partition coefficient (Wildman–Crippen LogP) is -1.02. The summed E-state index contributed by atoms with van der Waals surface area (Å²) in [7, 11) is 5.29. The third-order valence-corrected chi connectivity index (χ3v) is 4.19. The van der Waals surface area contributed by atoms with E-state index in [9.17, 15) is 24.0 Å². The molecule has 26 heavy (non-hydrogen) atoms. The Balaban J connectivity index is 3.60. The fraction of sp³-hybridized carbons (Fsp3) is 0.667. The summed E-state index contributed by atoms with van der Waals surface area (Å²) in [6.45, 7) is -0.424. The van der Waals surface area contributed by atoms with Gasteiger partial charge < -0.3 is 23.7 Å². The molecule has 11 heteroatoms. The maximum Gasteiger partial charge on any atom is 0.410 e. The second-order valence-electron chi connectivity index (χ2n) is 5.32. The average Bonchev–Trinajstić information content (AvgIpc) is 2.68. The molecule has 0 N–H and O–H groups in total. The first-order valence-electron chi connectivity index (χ1n) is 7.44. The molecule has 1 aliphatic rings. The highest BCUT2D eigenvalue weighted by atomic mass is 16.6. The minimum absolute atomic E-state index is 0.424. The van der Waals surface area contributed by atoms with Gasteiger partial charge in [-0.25, -0.2) is 9.59 Å². The summed E-state index contributed by atoms with van der Waals surface area (Å²) >= 11 is 0. The lowest BCUT2D eigenvalue weighted by molar-refractivity contribution is -0.179. The van der Waals surface area contributed by atoms with Crippen LogP contribution in [0.25, 0.3) is 0 Å². The smallest absolute Gasteiger partial charge is 0.410 e. The molecule has 0 bridgehead atoms. The van der Waals surface area contributed by atoms with Gasteiger partial charge in [0.1, 0.15) is 12.0 Å². The summed E-state index contributed by atoms with van der Waals surface area (Å²) in [6, 6.07) is -1.55. The molecule has 0 aromatic heterocycles. The van der Waals surface area contributed by atoms with Gasteiger partial charge in [0.15, 0.2) is 0 Å². The molecule has 1 aliphatic heterocycles. The summed E-state index contributed by atoms with van der Waals surface area (Å²) in [4.78, 5) is 62.1. The van der Waals surface area contributed by atoms with Gasteiger partial charge in [-0.1, -0.05) is 0 Å². The number of esters is 4. The van der Waals surface area contributed by atoms with Crippen molar-refractivity contribution in [2.75, 3.05) is 42.1 Å². The van der Waals surface area contributed by atoms with E-state index in [4.69, 9.17) is 0 Å². The lowest BCUT2D eigenvalue weighted by Crippen LogP contribution is -2.64. The quantitative estimate of drug-likeness (QED) is 0.443. The van der Waals surface area contributed by atoms with Crippen molar-refractivity contribution in [3.8, 4) is 0 Å². The van der Waals surface area contributed by atoms with Gasteiger partial charge >= 0.3 is 30.0 Å². The number of rotatable bonds is 4. The van der Waals surface area contributed by atoms with E-state index in [1.165, 1.54) is 0 Å². The van der Waals surface area contributed by atoms with E-state index >= 15 is 0 Å². The molecule has 0 unspecified atom stereocenters. The Morgan fingerprint density at radius 3 is 1.54 bits per heavy atom. The van der Waals surface area contributed by atoms with Crippen molar-refractivity contribution in [2.24, 2.45) is 17.8 Å². The van der Waals surface area contributed by atoms with Crippen LogP contribution in [0.1, 0.15) is 0 Å². The Kier molecular flexibility index (Phi) is 7.35. The SMILES string of the molecule is COC(=O)[C@@H]1[C@H](C(=O)OC)[C@@H](C(=O)OC)N(C(=O)OC)C[C@H]1C(=O)OC. The lowest BCUT2D eigenvalue weighted by atomic mass is 9.73. The summed E-state index contributed by atoms with van der Waals surface area (Å²) < 4.78 is 23.3. The zero-order valence-corrected chi connectivity index (χ0v) is 15.0. The Morgan fingerprint density at radius 1 is 0.654 bits per heavy atom. The molecule has 0 radical (unpaired) electrons. The monoisotopic (exact) mass is 375 g/mol. The molecule has 146 valence electrons. The number of methoxy groups -OCH3 is 5. The third-order valence-electron chi connectivity index (χ3n) is 4.19. The van der Waals surface area contributed by atoms with Crippen molar-refractivity contribution in [1.29, 1.82) is 0 Å². The van der Waals surface area contributed by atoms with E-state index in [1.807, 2.05) is 0 Å². The van der Waals surface area contributed by atoms with Crippen molar-refractivity contribution in [3.05, 3.63) is 0 Å². The zero-order chi connectivity index (χ0) is 20.0. The molecule has 1 heterocycles. The molecule has 0 aromatic carbocycles. The van der Waals surface area contributed by atoms with Crippen molar-refractivity contribution >= 4 is 30.0 Å². The van der Waals surface area contributed by atoms with E-state index in [-0.39, 0.29) is 0 Å². The molecule has 1 amide bonds. The van der Waals surface area contributed by atoms with Gasteiger partial charge in [-0.3, -0.25) is 19.3 Å². The van der Waals surface area contributed by atoms with Crippen LogP contribution in [0.15, 0.2) is 0 Å². The van der Waals surface area contributed by atoms with E-state index in [0.29, 0.717) is 0 Å². The molecule has 0 spiro atoms. The number of ether oxygens (including phenoxy) is 5. The second-order valence-corrected chi connectivity index (χ2v) is 5.32. The van der Waals surface area contributed by atoms with Crippen molar-refractivity contribution in [3.63, 3.8) is 0 Å². The number of carbonyl (C=O) groups is 5. The number of hydrogen-bond acceptors (Lipinski definition) is 10. The first kappa shape index (κ1) is 21.2. The van der Waals surface area contributed by atoms with Gasteiger partial charge in [-0.15, -0.1) is 0 Å². The lowest BCUT2D eigenvalue weighted by Gasteiger charge is -2.43. The fourth-order valence-corrected chi connectivity index (χ4v) is 3.01. The van der Waals surface area contributed by atoms with Crippen LogP contribution < -0.4 is 0 Å². The largest absolute Gasteiger partial charge is 0.469 e. The van der Waals surface area contributed by atoms with Gasteiger partial charge in [-0.05, 0) is 0 Å². The molecule has 4 atom stereocenters. The summed E-state index contributed by atoms with van der Waals surface area (Å²) in [5.74, 6) is -8.06. The van der Waals surface area contributed by atoms with Gasteiger partial charge in [0.25, 0.3) is 0 Å². The first-order valence-corrected chi connectivity index (χ1v) is 7.44. The molecule has 0 aliphatic carbocycles. The predicted molar refractivity (Wildman–Crippen MR) is 81.4 cm³/mol. The summed E-state index contributed by atoms with van der Waals surface area (Å²) in [5.41, 5.74) is 0. The van der Waals surface area contributed by atoms with E-state index < -0.39 is 60.3 Å².